The van der Waals surface area contributed by atoms with Gasteiger partial charge in [-0.25, -0.2) is 0 Å². The van der Waals surface area contributed by atoms with Crippen LogP contribution in [0, 0.1) is 17.0 Å². The molecule has 8 nitrogen and oxygen atoms in total. The van der Waals surface area contributed by atoms with Crippen LogP contribution in [0.1, 0.15) is 28.0 Å². The second-order valence-corrected chi connectivity index (χ2v) is 7.79. The lowest BCUT2D eigenvalue weighted by atomic mass is 9.99. The highest BCUT2D eigenvalue weighted by molar-refractivity contribution is 7.09. The fraction of sp³-hybridized carbons (Fsp3) is 0.143. The highest BCUT2D eigenvalue weighted by Gasteiger charge is 2.47. The molecule has 1 fully saturated rings. The van der Waals surface area contributed by atoms with Gasteiger partial charge in [-0.15, -0.1) is 11.3 Å². The maximum atomic E-state index is 12.9. The van der Waals surface area contributed by atoms with E-state index in [1.165, 1.54) is 34.4 Å². The van der Waals surface area contributed by atoms with E-state index in [1.54, 1.807) is 19.1 Å². The van der Waals surface area contributed by atoms with Crippen LogP contribution in [0.4, 0.5) is 5.69 Å². The quantitative estimate of drug-likeness (QED) is 0.216. The van der Waals surface area contributed by atoms with Crippen LogP contribution in [0.3, 0.4) is 0 Å². The molecule has 1 unspecified atom stereocenters. The number of nitrogens with zero attached hydrogens (tertiary/aromatic N) is 2. The smallest absolute Gasteiger partial charge is 0.296 e. The zero-order valence-electron chi connectivity index (χ0n) is 15.8. The molecule has 1 aliphatic rings. The van der Waals surface area contributed by atoms with Gasteiger partial charge in [0.05, 0.1) is 17.0 Å². The third-order valence-corrected chi connectivity index (χ3v) is 5.67. The van der Waals surface area contributed by atoms with Crippen LogP contribution in [0.25, 0.3) is 5.76 Å². The molecule has 3 heterocycles. The number of rotatable bonds is 5. The molecule has 1 amide bonds. The molecule has 1 atom stereocenters. The molecule has 0 spiro atoms. The lowest BCUT2D eigenvalue weighted by molar-refractivity contribution is -0.384. The Kier molecular flexibility index (Phi) is 4.96. The number of amides is 1. The molecule has 0 saturated carbocycles. The number of aliphatic hydroxyl groups excluding tert-OH is 1. The fourth-order valence-corrected chi connectivity index (χ4v) is 4.13. The van der Waals surface area contributed by atoms with Gasteiger partial charge in [0, 0.05) is 22.6 Å². The second-order valence-electron chi connectivity index (χ2n) is 6.76. The third-order valence-electron chi connectivity index (χ3n) is 4.81. The lowest BCUT2D eigenvalue weighted by Gasteiger charge is -2.22. The minimum atomic E-state index is -0.944. The summed E-state index contributed by atoms with van der Waals surface area (Å²) in [4.78, 5) is 38.4. The van der Waals surface area contributed by atoms with E-state index in [0.29, 0.717) is 11.5 Å². The predicted molar refractivity (Wildman–Crippen MR) is 109 cm³/mol. The summed E-state index contributed by atoms with van der Waals surface area (Å²) in [7, 11) is 0. The fourth-order valence-electron chi connectivity index (χ4n) is 3.43. The number of ketones is 1. The van der Waals surface area contributed by atoms with E-state index in [4.69, 9.17) is 4.42 Å². The van der Waals surface area contributed by atoms with Gasteiger partial charge in [0.15, 0.2) is 0 Å². The molecule has 30 heavy (non-hydrogen) atoms. The van der Waals surface area contributed by atoms with Gasteiger partial charge in [0.25, 0.3) is 17.4 Å². The molecular formula is C21H16N2O6S. The van der Waals surface area contributed by atoms with Crippen molar-refractivity contribution in [1.82, 2.24) is 4.90 Å². The third kappa shape index (κ3) is 3.39. The van der Waals surface area contributed by atoms with Crippen LogP contribution in [0.5, 0.6) is 0 Å². The van der Waals surface area contributed by atoms with E-state index in [-0.39, 0.29) is 23.4 Å². The minimum Gasteiger partial charge on any atom is -0.507 e. The Morgan fingerprint density at radius 2 is 2.03 bits per heavy atom. The number of hydrogen-bond donors (Lipinski definition) is 1. The summed E-state index contributed by atoms with van der Waals surface area (Å²) in [5.74, 6) is -1.20. The van der Waals surface area contributed by atoms with Crippen molar-refractivity contribution in [2.75, 3.05) is 0 Å². The van der Waals surface area contributed by atoms with Crippen molar-refractivity contribution in [2.24, 2.45) is 0 Å². The summed E-state index contributed by atoms with van der Waals surface area (Å²) in [6.45, 7) is 1.90. The van der Waals surface area contributed by atoms with Crippen molar-refractivity contribution >= 4 is 34.5 Å². The molecule has 3 aromatic rings. The second kappa shape index (κ2) is 7.60. The maximum Gasteiger partial charge on any atom is 0.296 e. The van der Waals surface area contributed by atoms with Crippen molar-refractivity contribution in [3.05, 3.63) is 91.6 Å². The number of carbonyl (C=O) groups is 2. The lowest BCUT2D eigenvalue weighted by Crippen LogP contribution is -2.28. The van der Waals surface area contributed by atoms with Crippen LogP contribution in [-0.4, -0.2) is 26.6 Å². The Morgan fingerprint density at radius 1 is 1.23 bits per heavy atom. The number of nitro groups is 1. The van der Waals surface area contributed by atoms with Crippen LogP contribution in [0.2, 0.25) is 0 Å². The van der Waals surface area contributed by atoms with Crippen molar-refractivity contribution in [2.45, 2.75) is 19.5 Å². The minimum absolute atomic E-state index is 0.0756. The Balaban J connectivity index is 1.86. The van der Waals surface area contributed by atoms with E-state index in [1.807, 2.05) is 17.5 Å². The first-order valence-electron chi connectivity index (χ1n) is 8.99. The first-order valence-corrected chi connectivity index (χ1v) is 9.86. The van der Waals surface area contributed by atoms with Gasteiger partial charge in [-0.05, 0) is 30.5 Å². The van der Waals surface area contributed by atoms with E-state index >= 15 is 0 Å². The Bertz CT molecular complexity index is 1180. The van der Waals surface area contributed by atoms with E-state index in [0.717, 1.165) is 10.9 Å². The zero-order chi connectivity index (χ0) is 21.4. The predicted octanol–water partition coefficient (Wildman–Crippen LogP) is 4.18. The highest BCUT2D eigenvalue weighted by atomic mass is 32.1. The Morgan fingerprint density at radius 3 is 2.67 bits per heavy atom. The number of carbonyl (C=O) groups excluding carboxylic acids is 2. The van der Waals surface area contributed by atoms with Gasteiger partial charge in [-0.2, -0.15) is 0 Å². The molecule has 1 N–H and O–H groups in total. The summed E-state index contributed by atoms with van der Waals surface area (Å²) < 4.78 is 5.70. The number of likely N-dealkylation sites (tertiary alicyclic amines) is 1. The first-order chi connectivity index (χ1) is 14.4. The summed E-state index contributed by atoms with van der Waals surface area (Å²) in [6, 6.07) is 11.4. The van der Waals surface area contributed by atoms with Crippen LogP contribution < -0.4 is 0 Å². The van der Waals surface area contributed by atoms with Gasteiger partial charge in [-0.3, -0.25) is 19.7 Å². The highest BCUT2D eigenvalue weighted by Crippen LogP contribution is 2.41. The number of nitro benzene ring substituents is 1. The summed E-state index contributed by atoms with van der Waals surface area (Å²) in [5, 5.41) is 23.9. The van der Waals surface area contributed by atoms with Crippen LogP contribution in [-0.2, 0) is 16.1 Å². The molecule has 9 heteroatoms. The average molecular weight is 424 g/mol. The number of Topliss-reactive ketones (excluding diaryl/α,β-unsaturated/α-hetero) is 1. The normalized spacial score (nSPS) is 18.2. The molecule has 2 aromatic heterocycles. The molecular weight excluding hydrogens is 408 g/mol. The van der Waals surface area contributed by atoms with Gasteiger partial charge < -0.3 is 14.4 Å². The number of aryl methyl sites for hydroxylation is 1. The Labute approximate surface area is 174 Å². The SMILES string of the molecule is Cc1ccc(C2/C(=C(/O)c3cccc([N+](=O)[O-])c3)C(=O)C(=O)N2Cc2cccs2)o1. The number of non-ortho nitro benzene ring substituents is 1. The molecule has 4 rings (SSSR count). The van der Waals surface area contributed by atoms with Crippen molar-refractivity contribution in [3.8, 4) is 0 Å². The van der Waals surface area contributed by atoms with Gasteiger partial charge in [-0.1, -0.05) is 18.2 Å². The molecule has 1 saturated heterocycles. The largest absolute Gasteiger partial charge is 0.507 e. The molecule has 152 valence electrons. The zero-order valence-corrected chi connectivity index (χ0v) is 16.6. The average Bonchev–Trinajstić information content (AvgIpc) is 3.45. The molecule has 0 bridgehead atoms. The number of benzene rings is 1. The number of aliphatic hydroxyl groups is 1. The first kappa shape index (κ1) is 19.6. The molecule has 1 aromatic carbocycles. The number of thiophene rings is 1. The molecule has 0 radical (unpaired) electrons. The van der Waals surface area contributed by atoms with Crippen LogP contribution in [0.15, 0.2) is 63.9 Å². The topological polar surface area (TPSA) is 114 Å². The van der Waals surface area contributed by atoms with Crippen molar-refractivity contribution < 1.29 is 24.0 Å². The molecule has 1 aliphatic heterocycles. The molecule has 0 aliphatic carbocycles. The van der Waals surface area contributed by atoms with E-state index in [9.17, 15) is 24.8 Å². The van der Waals surface area contributed by atoms with Crippen LogP contribution >= 0.6 is 11.3 Å². The summed E-state index contributed by atoms with van der Waals surface area (Å²) in [6.07, 6.45) is 0. The summed E-state index contributed by atoms with van der Waals surface area (Å²) in [5.41, 5.74) is -0.324. The number of hydrogen-bond acceptors (Lipinski definition) is 7. The number of furan rings is 1. The van der Waals surface area contributed by atoms with Gasteiger partial charge in [0.1, 0.15) is 23.3 Å². The van der Waals surface area contributed by atoms with E-state index < -0.39 is 28.4 Å². The van der Waals surface area contributed by atoms with Crippen molar-refractivity contribution in [1.29, 1.82) is 0 Å². The summed E-state index contributed by atoms with van der Waals surface area (Å²) >= 11 is 1.44. The van der Waals surface area contributed by atoms with Crippen molar-refractivity contribution in [3.63, 3.8) is 0 Å². The van der Waals surface area contributed by atoms with Gasteiger partial charge >= 0.3 is 0 Å². The monoisotopic (exact) mass is 424 g/mol. The van der Waals surface area contributed by atoms with Gasteiger partial charge in [0.2, 0.25) is 0 Å². The van der Waals surface area contributed by atoms with E-state index in [2.05, 4.69) is 0 Å². The maximum absolute atomic E-state index is 12.9. The Hall–Kier alpha value is -3.72. The standard InChI is InChI=1S/C21H16N2O6S/c1-12-7-8-16(29-12)18-17(19(24)13-4-2-5-14(10-13)23(27)28)20(25)21(26)22(18)11-15-6-3-9-30-15/h2-10,18,24H,11H2,1H3/b19-17-.